The Morgan fingerprint density at radius 2 is 1.85 bits per heavy atom. The van der Waals surface area contributed by atoms with Crippen LogP contribution >= 0.6 is 0 Å². The first-order valence-corrected chi connectivity index (χ1v) is 8.77. The normalized spacial score (nSPS) is 11.0. The Balaban J connectivity index is 1.71. The van der Waals surface area contributed by atoms with Crippen LogP contribution in [0.5, 0.6) is 0 Å². The molecule has 5 nitrogen and oxygen atoms in total. The van der Waals surface area contributed by atoms with E-state index in [1.54, 1.807) is 23.1 Å². The average molecular weight is 366 g/mol. The second-order valence-electron chi connectivity index (χ2n) is 6.81. The summed E-state index contributed by atoms with van der Waals surface area (Å²) in [7, 11) is 3.96. The highest BCUT2D eigenvalue weighted by molar-refractivity contribution is 6.04. The van der Waals surface area contributed by atoms with Crippen molar-refractivity contribution < 1.29 is 9.18 Å². The van der Waals surface area contributed by atoms with E-state index < -0.39 is 11.7 Å². The van der Waals surface area contributed by atoms with Crippen molar-refractivity contribution in [3.8, 4) is 11.1 Å². The fourth-order valence-electron chi connectivity index (χ4n) is 2.68. The Labute approximate surface area is 158 Å². The number of likely N-dealkylation sites (N-methyl/N-ethyl adjacent to an activating group) is 1. The quantitative estimate of drug-likeness (QED) is 0.722. The summed E-state index contributed by atoms with van der Waals surface area (Å²) >= 11 is 0. The summed E-state index contributed by atoms with van der Waals surface area (Å²) < 4.78 is 16.2. The summed E-state index contributed by atoms with van der Waals surface area (Å²) in [5.41, 5.74) is 3.34. The Bertz CT molecular complexity index is 932. The SMILES string of the molecule is Cc1ccc(-c2ccc(C(=O)Nc3cnn(CCN(C)C)c3)c(F)c2)cc1. The van der Waals surface area contributed by atoms with E-state index in [4.69, 9.17) is 0 Å². The van der Waals surface area contributed by atoms with Gasteiger partial charge < -0.3 is 10.2 Å². The van der Waals surface area contributed by atoms with Crippen LogP contribution in [0, 0.1) is 12.7 Å². The van der Waals surface area contributed by atoms with Crippen LogP contribution in [0.15, 0.2) is 54.9 Å². The highest BCUT2D eigenvalue weighted by Gasteiger charge is 2.14. The molecule has 0 aliphatic heterocycles. The van der Waals surface area contributed by atoms with Gasteiger partial charge in [-0.2, -0.15) is 5.10 Å². The van der Waals surface area contributed by atoms with Crippen LogP contribution in [-0.2, 0) is 6.54 Å². The topological polar surface area (TPSA) is 50.2 Å². The number of carbonyl (C=O) groups excluding carboxylic acids is 1. The molecule has 2 aromatic carbocycles. The van der Waals surface area contributed by atoms with Gasteiger partial charge in [0.15, 0.2) is 0 Å². The predicted molar refractivity (Wildman–Crippen MR) is 105 cm³/mol. The molecule has 27 heavy (non-hydrogen) atoms. The van der Waals surface area contributed by atoms with Gasteiger partial charge in [-0.1, -0.05) is 35.9 Å². The van der Waals surface area contributed by atoms with Gasteiger partial charge in [-0.25, -0.2) is 4.39 Å². The molecule has 1 aromatic heterocycles. The van der Waals surface area contributed by atoms with Gasteiger partial charge in [0.2, 0.25) is 0 Å². The van der Waals surface area contributed by atoms with Crippen molar-refractivity contribution in [2.24, 2.45) is 0 Å². The molecule has 0 radical (unpaired) electrons. The first-order valence-electron chi connectivity index (χ1n) is 8.77. The molecule has 3 rings (SSSR count). The zero-order valence-corrected chi connectivity index (χ0v) is 15.7. The second-order valence-corrected chi connectivity index (χ2v) is 6.81. The molecule has 0 aliphatic rings. The van der Waals surface area contributed by atoms with Crippen molar-refractivity contribution in [2.45, 2.75) is 13.5 Å². The predicted octanol–water partition coefficient (Wildman–Crippen LogP) is 3.81. The third kappa shape index (κ3) is 4.80. The number of nitrogens with one attached hydrogen (secondary N) is 1. The van der Waals surface area contributed by atoms with Gasteiger partial charge in [-0.05, 0) is 44.3 Å². The Morgan fingerprint density at radius 1 is 1.15 bits per heavy atom. The molecule has 0 spiro atoms. The molecule has 6 heteroatoms. The summed E-state index contributed by atoms with van der Waals surface area (Å²) in [6, 6.07) is 12.5. The molecule has 1 amide bonds. The van der Waals surface area contributed by atoms with E-state index in [9.17, 15) is 9.18 Å². The van der Waals surface area contributed by atoms with Gasteiger partial charge in [-0.15, -0.1) is 0 Å². The number of carbonyl (C=O) groups is 1. The molecule has 3 aromatic rings. The third-order valence-electron chi connectivity index (χ3n) is 4.27. The summed E-state index contributed by atoms with van der Waals surface area (Å²) in [6.45, 7) is 3.55. The van der Waals surface area contributed by atoms with E-state index >= 15 is 0 Å². The summed E-state index contributed by atoms with van der Waals surface area (Å²) in [6.07, 6.45) is 3.30. The highest BCUT2D eigenvalue weighted by Crippen LogP contribution is 2.23. The molecule has 0 bridgehead atoms. The second kappa shape index (κ2) is 8.14. The number of aromatic nitrogens is 2. The van der Waals surface area contributed by atoms with Crippen LogP contribution in [-0.4, -0.2) is 41.2 Å². The van der Waals surface area contributed by atoms with Gasteiger partial charge >= 0.3 is 0 Å². The van der Waals surface area contributed by atoms with Crippen LogP contribution in [0.2, 0.25) is 0 Å². The summed E-state index contributed by atoms with van der Waals surface area (Å²) in [5.74, 6) is -1.04. The molecule has 0 unspecified atom stereocenters. The lowest BCUT2D eigenvalue weighted by atomic mass is 10.0. The molecular weight excluding hydrogens is 343 g/mol. The van der Waals surface area contributed by atoms with Crippen molar-refractivity contribution in [1.82, 2.24) is 14.7 Å². The summed E-state index contributed by atoms with van der Waals surface area (Å²) in [5, 5.41) is 6.90. The van der Waals surface area contributed by atoms with Crippen molar-refractivity contribution >= 4 is 11.6 Å². The molecule has 0 saturated carbocycles. The number of nitrogens with zero attached hydrogens (tertiary/aromatic N) is 3. The molecule has 0 aliphatic carbocycles. The lowest BCUT2D eigenvalue weighted by Crippen LogP contribution is -2.18. The third-order valence-corrected chi connectivity index (χ3v) is 4.27. The molecule has 1 heterocycles. The summed E-state index contributed by atoms with van der Waals surface area (Å²) in [4.78, 5) is 14.5. The number of rotatable bonds is 6. The van der Waals surface area contributed by atoms with E-state index in [1.165, 1.54) is 12.1 Å². The monoisotopic (exact) mass is 366 g/mol. The van der Waals surface area contributed by atoms with Gasteiger partial charge in [0.05, 0.1) is 24.0 Å². The molecule has 1 N–H and O–H groups in total. The molecular formula is C21H23FN4O. The Hall–Kier alpha value is -2.99. The molecule has 0 atom stereocenters. The minimum atomic E-state index is -0.550. The van der Waals surface area contributed by atoms with Crippen LogP contribution < -0.4 is 5.32 Å². The lowest BCUT2D eigenvalue weighted by Gasteiger charge is -2.09. The van der Waals surface area contributed by atoms with Crippen LogP contribution in [0.25, 0.3) is 11.1 Å². The van der Waals surface area contributed by atoms with E-state index in [0.29, 0.717) is 12.2 Å². The number of halogens is 1. The van der Waals surface area contributed by atoms with Gasteiger partial charge in [0.25, 0.3) is 5.91 Å². The van der Waals surface area contributed by atoms with Gasteiger partial charge in [0, 0.05) is 12.7 Å². The van der Waals surface area contributed by atoms with Crippen molar-refractivity contribution in [3.63, 3.8) is 0 Å². The fraction of sp³-hybridized carbons (Fsp3) is 0.238. The molecule has 0 saturated heterocycles. The highest BCUT2D eigenvalue weighted by atomic mass is 19.1. The number of amides is 1. The fourth-order valence-corrected chi connectivity index (χ4v) is 2.68. The first-order chi connectivity index (χ1) is 12.9. The maximum Gasteiger partial charge on any atom is 0.258 e. The van der Waals surface area contributed by atoms with Crippen LogP contribution in [0.1, 0.15) is 15.9 Å². The Morgan fingerprint density at radius 3 is 2.52 bits per heavy atom. The zero-order chi connectivity index (χ0) is 19.4. The zero-order valence-electron chi connectivity index (χ0n) is 15.7. The van der Waals surface area contributed by atoms with E-state index in [2.05, 4.69) is 10.4 Å². The smallest absolute Gasteiger partial charge is 0.258 e. The van der Waals surface area contributed by atoms with Crippen LogP contribution in [0.3, 0.4) is 0 Å². The molecule has 140 valence electrons. The van der Waals surface area contributed by atoms with Gasteiger partial charge in [0.1, 0.15) is 5.82 Å². The maximum absolute atomic E-state index is 14.5. The average Bonchev–Trinajstić information content (AvgIpc) is 3.07. The van der Waals surface area contributed by atoms with Crippen molar-refractivity contribution in [3.05, 3.63) is 71.8 Å². The number of hydrogen-bond acceptors (Lipinski definition) is 3. The minimum Gasteiger partial charge on any atom is -0.319 e. The maximum atomic E-state index is 14.5. The first kappa shape index (κ1) is 18.8. The molecule has 0 fully saturated rings. The standard InChI is InChI=1S/C21H23FN4O/c1-15-4-6-16(7-5-15)17-8-9-19(20(22)12-17)21(27)24-18-13-23-26(14-18)11-10-25(2)3/h4-9,12-14H,10-11H2,1-3H3,(H,24,27). The number of aryl methyl sites for hydroxylation is 1. The van der Waals surface area contributed by atoms with Crippen LogP contribution in [0.4, 0.5) is 10.1 Å². The Kier molecular flexibility index (Phi) is 5.66. The van der Waals surface area contributed by atoms with E-state index in [1.807, 2.05) is 50.2 Å². The van der Waals surface area contributed by atoms with Crippen molar-refractivity contribution in [2.75, 3.05) is 26.0 Å². The largest absolute Gasteiger partial charge is 0.319 e. The van der Waals surface area contributed by atoms with E-state index in [0.717, 1.165) is 23.2 Å². The minimum absolute atomic E-state index is 0.00639. The van der Waals surface area contributed by atoms with Gasteiger partial charge in [-0.3, -0.25) is 9.48 Å². The number of benzene rings is 2. The van der Waals surface area contributed by atoms with Crippen molar-refractivity contribution in [1.29, 1.82) is 0 Å². The number of anilines is 1. The number of hydrogen-bond donors (Lipinski definition) is 1. The van der Waals surface area contributed by atoms with E-state index in [-0.39, 0.29) is 5.56 Å². The lowest BCUT2D eigenvalue weighted by molar-refractivity contribution is 0.102.